The van der Waals surface area contributed by atoms with E-state index >= 15 is 0 Å². The van der Waals surface area contributed by atoms with Gasteiger partial charge >= 0.3 is 51.4 Å². The van der Waals surface area contributed by atoms with Crippen LogP contribution in [0.5, 0.6) is 0 Å². The zero-order valence-corrected chi connectivity index (χ0v) is 11.7. The summed E-state index contributed by atoms with van der Waals surface area (Å²) >= 11 is 0. The SMILES string of the molecule is CCC1(CC)C(=O)[N-]N(C)C1=O.[K+]. The average molecular weight is 208 g/mol. The van der Waals surface area contributed by atoms with Crippen LogP contribution in [0, 0.1) is 5.41 Å². The molecule has 0 bridgehead atoms. The predicted octanol–water partition coefficient (Wildman–Crippen LogP) is -1.92. The molecule has 0 spiro atoms. The van der Waals surface area contributed by atoms with Crippen molar-refractivity contribution in [3.05, 3.63) is 5.43 Å². The second kappa shape index (κ2) is 4.88. The normalized spacial score (nSPS) is 19.8. The van der Waals surface area contributed by atoms with Gasteiger partial charge in [-0.25, -0.2) is 0 Å². The van der Waals surface area contributed by atoms with Crippen LogP contribution in [0.15, 0.2) is 0 Å². The van der Waals surface area contributed by atoms with Gasteiger partial charge in [-0.1, -0.05) is 13.8 Å². The largest absolute Gasteiger partial charge is 1.00 e. The Kier molecular flexibility index (Phi) is 5.10. The Morgan fingerprint density at radius 2 is 1.77 bits per heavy atom. The smallest absolute Gasteiger partial charge is 0.561 e. The van der Waals surface area contributed by atoms with E-state index in [2.05, 4.69) is 5.43 Å². The van der Waals surface area contributed by atoms with Gasteiger partial charge in [0.15, 0.2) is 0 Å². The van der Waals surface area contributed by atoms with Gasteiger partial charge in [-0.3, -0.25) is 4.79 Å². The molecule has 68 valence electrons. The topological polar surface area (TPSA) is 51.5 Å². The van der Waals surface area contributed by atoms with Gasteiger partial charge in [0.05, 0.1) is 11.3 Å². The summed E-state index contributed by atoms with van der Waals surface area (Å²) in [5.41, 5.74) is 2.76. The van der Waals surface area contributed by atoms with Crippen molar-refractivity contribution in [1.29, 1.82) is 0 Å². The van der Waals surface area contributed by atoms with Gasteiger partial charge in [0.2, 0.25) is 5.91 Å². The van der Waals surface area contributed by atoms with Gasteiger partial charge in [0.25, 0.3) is 0 Å². The quantitative estimate of drug-likeness (QED) is 0.392. The Morgan fingerprint density at radius 1 is 1.31 bits per heavy atom. The summed E-state index contributed by atoms with van der Waals surface area (Å²) in [5, 5.41) is 1.15. The first-order valence-electron chi connectivity index (χ1n) is 4.12. The fourth-order valence-electron chi connectivity index (χ4n) is 1.53. The monoisotopic (exact) mass is 208 g/mol. The van der Waals surface area contributed by atoms with Gasteiger partial charge in [0.1, 0.15) is 0 Å². The van der Waals surface area contributed by atoms with Gasteiger partial charge < -0.3 is 15.2 Å². The van der Waals surface area contributed by atoms with E-state index in [1.54, 1.807) is 0 Å². The third kappa shape index (κ3) is 1.99. The molecule has 4 nitrogen and oxygen atoms in total. The van der Waals surface area contributed by atoms with E-state index in [-0.39, 0.29) is 63.2 Å². The van der Waals surface area contributed by atoms with Crippen LogP contribution in [0.25, 0.3) is 5.43 Å². The molecule has 1 rings (SSSR count). The van der Waals surface area contributed by atoms with Crippen molar-refractivity contribution in [1.82, 2.24) is 5.01 Å². The molecule has 1 heterocycles. The summed E-state index contributed by atoms with van der Waals surface area (Å²) < 4.78 is 0. The molecule has 5 heteroatoms. The molecule has 13 heavy (non-hydrogen) atoms. The first-order valence-corrected chi connectivity index (χ1v) is 4.12. The molecule has 0 atom stereocenters. The Morgan fingerprint density at radius 3 is 1.92 bits per heavy atom. The van der Waals surface area contributed by atoms with Crippen molar-refractivity contribution in [3.63, 3.8) is 0 Å². The van der Waals surface area contributed by atoms with E-state index in [1.807, 2.05) is 13.8 Å². The van der Waals surface area contributed by atoms with E-state index < -0.39 is 5.41 Å². The zero-order valence-electron chi connectivity index (χ0n) is 8.63. The molecule has 0 aromatic heterocycles. The summed E-state index contributed by atoms with van der Waals surface area (Å²) in [6.45, 7) is 3.68. The van der Waals surface area contributed by atoms with Crippen LogP contribution >= 0.6 is 0 Å². The Labute approximate surface area is 121 Å². The minimum absolute atomic E-state index is 0. The van der Waals surface area contributed by atoms with Crippen molar-refractivity contribution in [2.24, 2.45) is 5.41 Å². The third-order valence-electron chi connectivity index (χ3n) is 2.56. The van der Waals surface area contributed by atoms with Crippen LogP contribution in [0.1, 0.15) is 26.7 Å². The third-order valence-corrected chi connectivity index (χ3v) is 2.56. The first kappa shape index (κ1) is 13.6. The molecular weight excluding hydrogens is 195 g/mol. The van der Waals surface area contributed by atoms with E-state index in [0.717, 1.165) is 5.01 Å². The van der Waals surface area contributed by atoms with E-state index in [4.69, 9.17) is 0 Å². The van der Waals surface area contributed by atoms with Crippen molar-refractivity contribution in [3.8, 4) is 0 Å². The van der Waals surface area contributed by atoms with Gasteiger partial charge in [-0.15, -0.1) is 0 Å². The maximum atomic E-state index is 11.5. The van der Waals surface area contributed by atoms with Crippen LogP contribution < -0.4 is 51.4 Å². The fraction of sp³-hybridized carbons (Fsp3) is 0.750. The number of hydrogen-bond acceptors (Lipinski definition) is 2. The Hall–Kier alpha value is 0.576. The molecule has 1 aliphatic rings. The van der Waals surface area contributed by atoms with Crippen LogP contribution in [-0.2, 0) is 9.59 Å². The molecule has 1 saturated heterocycles. The minimum atomic E-state index is -0.852. The Balaban J connectivity index is 0.00000144. The van der Waals surface area contributed by atoms with E-state index in [0.29, 0.717) is 12.8 Å². The molecule has 1 aliphatic heterocycles. The number of carbonyl (C=O) groups is 2. The molecule has 0 aromatic carbocycles. The summed E-state index contributed by atoms with van der Waals surface area (Å²) in [6, 6.07) is 0. The van der Waals surface area contributed by atoms with Crippen molar-refractivity contribution >= 4 is 11.8 Å². The number of carbonyl (C=O) groups excluding carboxylic acids is 2. The van der Waals surface area contributed by atoms with Gasteiger partial charge in [-0.05, 0) is 19.9 Å². The molecular formula is C8H13KN2O2. The number of amides is 2. The maximum absolute atomic E-state index is 11.5. The summed E-state index contributed by atoms with van der Waals surface area (Å²) in [7, 11) is 1.52. The van der Waals surface area contributed by atoms with E-state index in [9.17, 15) is 9.59 Å². The van der Waals surface area contributed by atoms with Gasteiger partial charge in [0, 0.05) is 0 Å². The molecule has 0 N–H and O–H groups in total. The molecule has 1 fully saturated rings. The molecule has 0 radical (unpaired) electrons. The van der Waals surface area contributed by atoms with Crippen molar-refractivity contribution in [2.45, 2.75) is 26.7 Å². The van der Waals surface area contributed by atoms with Crippen LogP contribution in [-0.4, -0.2) is 23.9 Å². The van der Waals surface area contributed by atoms with Crippen molar-refractivity contribution in [2.75, 3.05) is 7.05 Å². The molecule has 0 saturated carbocycles. The minimum Gasteiger partial charge on any atom is -0.561 e. The maximum Gasteiger partial charge on any atom is 1.00 e. The molecule has 0 unspecified atom stereocenters. The summed E-state index contributed by atoms with van der Waals surface area (Å²) in [4.78, 5) is 22.9. The predicted molar refractivity (Wildman–Crippen MR) is 44.2 cm³/mol. The summed E-state index contributed by atoms with van der Waals surface area (Å²) in [5.74, 6) is -0.461. The number of rotatable bonds is 2. The number of hydrogen-bond donors (Lipinski definition) is 0. The zero-order chi connectivity index (χ0) is 9.35. The van der Waals surface area contributed by atoms with Crippen molar-refractivity contribution < 1.29 is 61.0 Å². The Bertz CT molecular complexity index is 226. The second-order valence-electron chi connectivity index (χ2n) is 3.02. The molecule has 0 aliphatic carbocycles. The van der Waals surface area contributed by atoms with Crippen LogP contribution in [0.3, 0.4) is 0 Å². The standard InChI is InChI=1S/C8H14N2O2.K/c1-4-8(5-2)6(11)9-10(3)7(8)12;/h4-5H2,1-3H3,(H,9,11);/q;+1/p-1. The fourth-order valence-corrected chi connectivity index (χ4v) is 1.53. The van der Waals surface area contributed by atoms with Gasteiger partial charge in [-0.2, -0.15) is 0 Å². The molecule has 2 amide bonds. The molecule has 0 aromatic rings. The average Bonchev–Trinajstić information content (AvgIpc) is 2.26. The van der Waals surface area contributed by atoms with Crippen LogP contribution in [0.2, 0.25) is 0 Å². The number of nitrogens with zero attached hydrogens (tertiary/aromatic N) is 2. The first-order chi connectivity index (χ1) is 5.58. The van der Waals surface area contributed by atoms with E-state index in [1.165, 1.54) is 7.05 Å². The van der Waals surface area contributed by atoms with Crippen LogP contribution in [0.4, 0.5) is 0 Å². The summed E-state index contributed by atoms with van der Waals surface area (Å²) in [6.07, 6.45) is 1.07. The second-order valence-corrected chi connectivity index (χ2v) is 3.02.